The average Bonchev–Trinajstić information content (AvgIpc) is 2.61. The minimum Gasteiger partial charge on any atom is -0.305 e. The molecule has 0 aliphatic carbocycles. The maximum absolute atomic E-state index is 14.1. The van der Waals surface area contributed by atoms with Crippen LogP contribution in [0.5, 0.6) is 0 Å². The minimum atomic E-state index is -3.36. The van der Waals surface area contributed by atoms with Crippen LogP contribution in [-0.2, 0) is 27.7 Å². The first-order valence-electron chi connectivity index (χ1n) is 10.0. The fraction of sp³-hybridized carbons (Fsp3) is 0.435. The molecule has 0 saturated carbocycles. The summed E-state index contributed by atoms with van der Waals surface area (Å²) in [4.78, 5) is 15.1. The predicted octanol–water partition coefficient (Wildman–Crippen LogP) is 4.72. The van der Waals surface area contributed by atoms with Crippen LogP contribution in [0, 0.1) is 5.82 Å². The van der Waals surface area contributed by atoms with Crippen molar-refractivity contribution in [2.75, 3.05) is 14.1 Å². The lowest BCUT2D eigenvalue weighted by Crippen LogP contribution is -2.17. The zero-order valence-corrected chi connectivity index (χ0v) is 20.9. The Morgan fingerprint density at radius 2 is 1.55 bits per heavy atom. The highest BCUT2D eigenvalue weighted by Gasteiger charge is 2.19. The van der Waals surface area contributed by atoms with Crippen molar-refractivity contribution in [1.82, 2.24) is 4.90 Å². The van der Waals surface area contributed by atoms with Gasteiger partial charge in [0.25, 0.3) is 5.91 Å². The Bertz CT molecular complexity index is 997. The molecule has 1 unspecified atom stereocenters. The third-order valence-electron chi connectivity index (χ3n) is 4.85. The third-order valence-corrected chi connectivity index (χ3v) is 6.28. The molecule has 2 aromatic rings. The molecule has 5 nitrogen and oxygen atoms in total. The summed E-state index contributed by atoms with van der Waals surface area (Å²) in [6.45, 7) is 8.54. The molecule has 2 N–H and O–H groups in total. The summed E-state index contributed by atoms with van der Waals surface area (Å²) in [5.74, 6) is -0.828. The van der Waals surface area contributed by atoms with E-state index in [2.05, 4.69) is 4.36 Å². The van der Waals surface area contributed by atoms with Gasteiger partial charge >= 0.3 is 0 Å². The SMILES string of the molecule is CC(C)c1cc(F)cc(C(C)C)c1CC(=O)N=S(N)(=O)c1ccc(CN(C)C)cc1.S. The normalized spacial score (nSPS) is 13.3. The van der Waals surface area contributed by atoms with Gasteiger partial charge in [-0.1, -0.05) is 39.8 Å². The quantitative estimate of drug-likeness (QED) is 0.640. The summed E-state index contributed by atoms with van der Waals surface area (Å²) in [5, 5.41) is 5.93. The Morgan fingerprint density at radius 1 is 1.06 bits per heavy atom. The van der Waals surface area contributed by atoms with Gasteiger partial charge < -0.3 is 4.90 Å². The summed E-state index contributed by atoms with van der Waals surface area (Å²) in [5.41, 5.74) is 3.31. The van der Waals surface area contributed by atoms with Crippen LogP contribution in [0.15, 0.2) is 45.7 Å². The summed E-state index contributed by atoms with van der Waals surface area (Å²) >= 11 is 0. The number of rotatable bonds is 7. The Hall–Kier alpha value is -1.74. The zero-order chi connectivity index (χ0) is 22.6. The second-order valence-corrected chi connectivity index (χ2v) is 10.3. The first-order valence-corrected chi connectivity index (χ1v) is 11.6. The molecule has 0 aliphatic heterocycles. The van der Waals surface area contributed by atoms with Crippen molar-refractivity contribution in [3.05, 3.63) is 64.5 Å². The van der Waals surface area contributed by atoms with Crippen LogP contribution in [0.25, 0.3) is 0 Å². The van der Waals surface area contributed by atoms with Crippen molar-refractivity contribution >= 4 is 29.3 Å². The molecule has 0 bridgehead atoms. The topological polar surface area (TPSA) is 75.8 Å². The molecular formula is C23H34FN3O2S2. The van der Waals surface area contributed by atoms with Crippen molar-refractivity contribution < 1.29 is 13.4 Å². The van der Waals surface area contributed by atoms with Crippen molar-refractivity contribution in [2.24, 2.45) is 9.50 Å². The minimum absolute atomic E-state index is 0. The standard InChI is InChI=1S/C23H32FN3O2S.H2S/c1-15(2)20-11-18(24)12-21(16(3)4)22(20)13-23(28)26-30(25,29)19-9-7-17(8-10-19)14-27(5)6;/h7-12,15-16H,13-14H2,1-6H3,(H2,25,26,28,29);1H2. The molecule has 1 atom stereocenters. The molecular weight excluding hydrogens is 433 g/mol. The van der Waals surface area contributed by atoms with Gasteiger partial charge in [0, 0.05) is 6.54 Å². The van der Waals surface area contributed by atoms with Gasteiger partial charge in [0.05, 0.1) is 11.3 Å². The number of hydrogen-bond donors (Lipinski definition) is 1. The van der Waals surface area contributed by atoms with E-state index >= 15 is 0 Å². The number of hydrogen-bond acceptors (Lipinski definition) is 3. The van der Waals surface area contributed by atoms with Gasteiger partial charge in [0.15, 0.2) is 0 Å². The van der Waals surface area contributed by atoms with E-state index in [-0.39, 0.29) is 37.6 Å². The van der Waals surface area contributed by atoms with Crippen LogP contribution in [0.4, 0.5) is 4.39 Å². The molecule has 31 heavy (non-hydrogen) atoms. The van der Waals surface area contributed by atoms with Gasteiger partial charge in [-0.05, 0) is 72.5 Å². The lowest BCUT2D eigenvalue weighted by molar-refractivity contribution is -0.117. The second kappa shape index (κ2) is 11.2. The third kappa shape index (κ3) is 7.42. The van der Waals surface area contributed by atoms with Crippen LogP contribution in [0.3, 0.4) is 0 Å². The summed E-state index contributed by atoms with van der Waals surface area (Å²) in [6.07, 6.45) is -0.0613. The number of amides is 1. The Balaban J connectivity index is 0.00000480. The largest absolute Gasteiger partial charge is 0.305 e. The molecule has 0 aliphatic rings. The molecule has 0 fully saturated rings. The number of nitrogens with zero attached hydrogens (tertiary/aromatic N) is 2. The van der Waals surface area contributed by atoms with Gasteiger partial charge in [-0.25, -0.2) is 13.7 Å². The maximum atomic E-state index is 14.1. The van der Waals surface area contributed by atoms with E-state index in [9.17, 15) is 13.4 Å². The van der Waals surface area contributed by atoms with E-state index in [1.54, 1.807) is 12.1 Å². The number of carbonyl (C=O) groups is 1. The summed E-state index contributed by atoms with van der Waals surface area (Å²) in [7, 11) is 0.556. The van der Waals surface area contributed by atoms with Crippen molar-refractivity contribution in [3.63, 3.8) is 0 Å². The fourth-order valence-corrected chi connectivity index (χ4v) is 4.46. The summed E-state index contributed by atoms with van der Waals surface area (Å²) in [6, 6.07) is 9.87. The van der Waals surface area contributed by atoms with Gasteiger partial charge in [-0.3, -0.25) is 4.79 Å². The smallest absolute Gasteiger partial charge is 0.259 e. The number of halogens is 1. The highest BCUT2D eigenvalue weighted by molar-refractivity contribution is 7.91. The molecule has 2 rings (SSSR count). The number of benzene rings is 2. The van der Waals surface area contributed by atoms with Crippen molar-refractivity contribution in [1.29, 1.82) is 0 Å². The molecule has 0 aromatic heterocycles. The van der Waals surface area contributed by atoms with Crippen LogP contribution in [0.2, 0.25) is 0 Å². The van der Waals surface area contributed by atoms with Gasteiger partial charge in [-0.15, -0.1) is 4.36 Å². The second-order valence-electron chi connectivity index (χ2n) is 8.48. The molecule has 172 valence electrons. The van der Waals surface area contributed by atoms with Crippen LogP contribution in [0.1, 0.15) is 61.8 Å². The molecule has 0 spiro atoms. The lowest BCUT2D eigenvalue weighted by Gasteiger charge is -2.19. The fourth-order valence-electron chi connectivity index (χ4n) is 3.46. The average molecular weight is 468 g/mol. The zero-order valence-electron chi connectivity index (χ0n) is 19.1. The lowest BCUT2D eigenvalue weighted by atomic mass is 9.87. The number of carbonyl (C=O) groups excluding carboxylic acids is 1. The van der Waals surface area contributed by atoms with E-state index in [4.69, 9.17) is 5.14 Å². The maximum Gasteiger partial charge on any atom is 0.259 e. The van der Waals surface area contributed by atoms with Crippen molar-refractivity contribution in [2.45, 2.75) is 57.4 Å². The van der Waals surface area contributed by atoms with Gasteiger partial charge in [-0.2, -0.15) is 13.5 Å². The van der Waals surface area contributed by atoms with Crippen LogP contribution >= 0.6 is 13.5 Å². The van der Waals surface area contributed by atoms with Gasteiger partial charge in [0.1, 0.15) is 15.7 Å². The van der Waals surface area contributed by atoms with E-state index < -0.39 is 15.8 Å². The van der Waals surface area contributed by atoms with E-state index in [0.717, 1.165) is 28.8 Å². The van der Waals surface area contributed by atoms with E-state index in [1.165, 1.54) is 12.1 Å². The first kappa shape index (κ1) is 27.3. The van der Waals surface area contributed by atoms with Crippen molar-refractivity contribution in [3.8, 4) is 0 Å². The monoisotopic (exact) mass is 467 g/mol. The molecule has 0 saturated heterocycles. The van der Waals surface area contributed by atoms with Gasteiger partial charge in [0.2, 0.25) is 0 Å². The van der Waals surface area contributed by atoms with Crippen LogP contribution in [-0.4, -0.2) is 29.1 Å². The van der Waals surface area contributed by atoms with E-state index in [1.807, 2.05) is 58.8 Å². The van der Waals surface area contributed by atoms with Crippen LogP contribution < -0.4 is 5.14 Å². The van der Waals surface area contributed by atoms with E-state index in [0.29, 0.717) is 4.90 Å². The molecule has 0 heterocycles. The predicted molar refractivity (Wildman–Crippen MR) is 131 cm³/mol. The molecule has 1 amide bonds. The Morgan fingerprint density at radius 3 is 1.97 bits per heavy atom. The Labute approximate surface area is 193 Å². The first-order chi connectivity index (χ1) is 13.9. The Kier molecular flexibility index (Phi) is 9.88. The molecule has 0 radical (unpaired) electrons. The highest BCUT2D eigenvalue weighted by atomic mass is 32.2. The summed E-state index contributed by atoms with van der Waals surface area (Å²) < 4.78 is 30.9. The number of nitrogens with two attached hydrogens (primary N) is 1. The molecule has 8 heteroatoms. The highest BCUT2D eigenvalue weighted by Crippen LogP contribution is 2.30. The molecule has 2 aromatic carbocycles.